The van der Waals surface area contributed by atoms with Gasteiger partial charge in [0.15, 0.2) is 0 Å². The van der Waals surface area contributed by atoms with E-state index in [0.717, 1.165) is 58.6 Å². The maximum absolute atomic E-state index is 12.3. The Morgan fingerprint density at radius 2 is 1.80 bits per heavy atom. The molecule has 0 aliphatic carbocycles. The zero-order chi connectivity index (χ0) is 24.8. The number of hydrogen-bond acceptors (Lipinski definition) is 4. The number of carbonyl (C=O) groups excluding carboxylic acids is 1. The maximum Gasteiger partial charge on any atom is 0.246 e. The summed E-state index contributed by atoms with van der Waals surface area (Å²) in [5.74, 6) is 1.56. The number of aryl methyl sites for hydroxylation is 1. The Hall–Kier alpha value is -3.93. The molecule has 2 aromatic heterocycles. The second-order valence-corrected chi connectivity index (χ2v) is 8.35. The molecule has 1 unspecified atom stereocenters. The van der Waals surface area contributed by atoms with E-state index in [2.05, 4.69) is 18.5 Å². The van der Waals surface area contributed by atoms with Crippen LogP contribution in [0.5, 0.6) is 11.5 Å². The van der Waals surface area contributed by atoms with Crippen molar-refractivity contribution in [3.05, 3.63) is 85.2 Å². The van der Waals surface area contributed by atoms with Crippen LogP contribution in [0.1, 0.15) is 32.3 Å². The number of nitrogens with zero attached hydrogens (tertiary/aromatic N) is 4. The third-order valence-electron chi connectivity index (χ3n) is 6.16. The van der Waals surface area contributed by atoms with Crippen LogP contribution in [0.25, 0.3) is 22.2 Å². The minimum atomic E-state index is -0.0124. The topological polar surface area (TPSA) is 60.2 Å². The molecule has 3 heterocycles. The number of likely N-dealkylation sites (tertiary alicyclic amines) is 1. The normalized spacial score (nSPS) is 14.9. The standard InChI is InChI=1S/C27H26N4O2.C2H6/c1-3-25(32)30-15-7-8-21(30)18-31-27-19(2)16-28-17-24(27)26(29-31)20-11-13-23(14-12-20)33-22-9-5-4-6-10-22;1-2/h3-6,9-14,16-17,21H,1,7-8,15,18H2,2H3;1-2H3. The van der Waals surface area contributed by atoms with E-state index in [9.17, 15) is 4.79 Å². The van der Waals surface area contributed by atoms with E-state index in [1.807, 2.05) is 90.4 Å². The van der Waals surface area contributed by atoms with Crippen LogP contribution in [0.3, 0.4) is 0 Å². The van der Waals surface area contributed by atoms with Crippen molar-refractivity contribution in [2.75, 3.05) is 6.54 Å². The summed E-state index contributed by atoms with van der Waals surface area (Å²) in [7, 11) is 0. The summed E-state index contributed by atoms with van der Waals surface area (Å²) in [5, 5.41) is 6.00. The van der Waals surface area contributed by atoms with Crippen molar-refractivity contribution < 1.29 is 9.53 Å². The summed E-state index contributed by atoms with van der Waals surface area (Å²) in [6, 6.07) is 17.8. The molecule has 4 aromatic rings. The Morgan fingerprint density at radius 1 is 1.09 bits per heavy atom. The molecule has 35 heavy (non-hydrogen) atoms. The van der Waals surface area contributed by atoms with E-state index in [4.69, 9.17) is 9.84 Å². The van der Waals surface area contributed by atoms with Crippen LogP contribution in [0.4, 0.5) is 0 Å². The number of aromatic nitrogens is 3. The SMILES string of the molecule is C=CC(=O)N1CCCC1Cn1nc(-c2ccc(Oc3ccccc3)cc2)c2cncc(C)c21.CC. The molecule has 2 aromatic carbocycles. The molecule has 1 aliphatic rings. The fourth-order valence-corrected chi connectivity index (χ4v) is 4.58. The molecule has 0 bridgehead atoms. The second kappa shape index (κ2) is 11.0. The second-order valence-electron chi connectivity index (χ2n) is 8.35. The first-order valence-electron chi connectivity index (χ1n) is 12.2. The largest absolute Gasteiger partial charge is 0.457 e. The molecule has 0 spiro atoms. The minimum absolute atomic E-state index is 0.0124. The van der Waals surface area contributed by atoms with E-state index in [1.165, 1.54) is 6.08 Å². The van der Waals surface area contributed by atoms with Crippen molar-refractivity contribution in [2.45, 2.75) is 46.2 Å². The Bertz CT molecular complexity index is 1300. The lowest BCUT2D eigenvalue weighted by Gasteiger charge is -2.23. The van der Waals surface area contributed by atoms with Crippen LogP contribution >= 0.6 is 0 Å². The highest BCUT2D eigenvalue weighted by atomic mass is 16.5. The number of benzene rings is 2. The van der Waals surface area contributed by atoms with Crippen LogP contribution < -0.4 is 4.74 Å². The predicted molar refractivity (Wildman–Crippen MR) is 140 cm³/mol. The van der Waals surface area contributed by atoms with Gasteiger partial charge >= 0.3 is 0 Å². The van der Waals surface area contributed by atoms with Crippen molar-refractivity contribution >= 4 is 16.8 Å². The van der Waals surface area contributed by atoms with Gasteiger partial charge in [-0.2, -0.15) is 5.10 Å². The van der Waals surface area contributed by atoms with Crippen molar-refractivity contribution in [3.8, 4) is 22.8 Å². The monoisotopic (exact) mass is 468 g/mol. The quantitative estimate of drug-likeness (QED) is 0.307. The molecule has 180 valence electrons. The Labute approximate surface area is 206 Å². The van der Waals surface area contributed by atoms with E-state index in [0.29, 0.717) is 6.54 Å². The first-order chi connectivity index (χ1) is 17.1. The highest BCUT2D eigenvalue weighted by Gasteiger charge is 2.29. The van der Waals surface area contributed by atoms with Gasteiger partial charge in [-0.05, 0) is 67.8 Å². The van der Waals surface area contributed by atoms with Gasteiger partial charge in [0.05, 0.1) is 18.1 Å². The third-order valence-corrected chi connectivity index (χ3v) is 6.16. The van der Waals surface area contributed by atoms with E-state index in [-0.39, 0.29) is 11.9 Å². The Kier molecular flexibility index (Phi) is 7.60. The van der Waals surface area contributed by atoms with Gasteiger partial charge in [-0.15, -0.1) is 0 Å². The Balaban J connectivity index is 0.00000141. The predicted octanol–water partition coefficient (Wildman–Crippen LogP) is 6.40. The number of amides is 1. The number of fused-ring (bicyclic) bond motifs is 1. The van der Waals surface area contributed by atoms with Gasteiger partial charge in [-0.25, -0.2) is 0 Å². The van der Waals surface area contributed by atoms with Gasteiger partial charge in [0.2, 0.25) is 5.91 Å². The summed E-state index contributed by atoms with van der Waals surface area (Å²) in [5.41, 5.74) is 4.00. The van der Waals surface area contributed by atoms with Gasteiger partial charge < -0.3 is 9.64 Å². The summed E-state index contributed by atoms with van der Waals surface area (Å²) < 4.78 is 7.97. The summed E-state index contributed by atoms with van der Waals surface area (Å²) >= 11 is 0. The summed E-state index contributed by atoms with van der Waals surface area (Å²) in [6.07, 6.45) is 7.10. The van der Waals surface area contributed by atoms with Crippen LogP contribution in [0.2, 0.25) is 0 Å². The number of para-hydroxylation sites is 1. The van der Waals surface area contributed by atoms with Crippen molar-refractivity contribution in [2.24, 2.45) is 0 Å². The molecule has 1 saturated heterocycles. The molecular weight excluding hydrogens is 436 g/mol. The molecule has 1 atom stereocenters. The van der Waals surface area contributed by atoms with Gasteiger partial charge in [-0.1, -0.05) is 38.6 Å². The smallest absolute Gasteiger partial charge is 0.246 e. The molecule has 0 N–H and O–H groups in total. The molecule has 5 rings (SSSR count). The first-order valence-corrected chi connectivity index (χ1v) is 12.2. The molecule has 1 aliphatic heterocycles. The van der Waals surface area contributed by atoms with Crippen LogP contribution in [-0.2, 0) is 11.3 Å². The van der Waals surface area contributed by atoms with Crippen molar-refractivity contribution in [1.82, 2.24) is 19.7 Å². The number of carbonyl (C=O) groups is 1. The summed E-state index contributed by atoms with van der Waals surface area (Å²) in [6.45, 7) is 11.1. The lowest BCUT2D eigenvalue weighted by molar-refractivity contribution is -0.127. The number of ether oxygens (including phenoxy) is 1. The number of hydrogen-bond donors (Lipinski definition) is 0. The molecule has 6 nitrogen and oxygen atoms in total. The average Bonchev–Trinajstić information content (AvgIpc) is 3.52. The van der Waals surface area contributed by atoms with Gasteiger partial charge in [0, 0.05) is 29.9 Å². The van der Waals surface area contributed by atoms with Gasteiger partial charge in [-0.3, -0.25) is 14.5 Å². The molecule has 6 heteroatoms. The fourth-order valence-electron chi connectivity index (χ4n) is 4.58. The lowest BCUT2D eigenvalue weighted by Crippen LogP contribution is -2.37. The van der Waals surface area contributed by atoms with E-state index in [1.54, 1.807) is 0 Å². The van der Waals surface area contributed by atoms with Crippen molar-refractivity contribution in [1.29, 1.82) is 0 Å². The lowest BCUT2D eigenvalue weighted by atomic mass is 10.1. The highest BCUT2D eigenvalue weighted by molar-refractivity contribution is 5.94. The average molecular weight is 469 g/mol. The highest BCUT2D eigenvalue weighted by Crippen LogP contribution is 2.32. The van der Waals surface area contributed by atoms with Gasteiger partial charge in [0.25, 0.3) is 0 Å². The van der Waals surface area contributed by atoms with E-state index >= 15 is 0 Å². The van der Waals surface area contributed by atoms with Crippen molar-refractivity contribution in [3.63, 3.8) is 0 Å². The van der Waals surface area contributed by atoms with Crippen LogP contribution in [0.15, 0.2) is 79.6 Å². The van der Waals surface area contributed by atoms with Gasteiger partial charge in [0.1, 0.15) is 17.2 Å². The summed E-state index contributed by atoms with van der Waals surface area (Å²) in [4.78, 5) is 18.6. The zero-order valence-electron chi connectivity index (χ0n) is 20.6. The fraction of sp³-hybridized carbons (Fsp3) is 0.276. The molecule has 1 amide bonds. The number of pyridine rings is 1. The van der Waals surface area contributed by atoms with Crippen LogP contribution in [-0.4, -0.2) is 38.2 Å². The van der Waals surface area contributed by atoms with E-state index < -0.39 is 0 Å². The third kappa shape index (κ3) is 5.11. The zero-order valence-corrected chi connectivity index (χ0v) is 20.6. The molecular formula is C29H32N4O2. The minimum Gasteiger partial charge on any atom is -0.457 e. The Morgan fingerprint density at radius 3 is 2.51 bits per heavy atom. The van der Waals surface area contributed by atoms with Crippen LogP contribution in [0, 0.1) is 6.92 Å². The maximum atomic E-state index is 12.3. The molecule has 0 radical (unpaired) electrons. The first kappa shape index (κ1) is 24.2. The number of rotatable bonds is 6. The molecule has 0 saturated carbocycles. The molecule has 1 fully saturated rings.